The summed E-state index contributed by atoms with van der Waals surface area (Å²) in [6.07, 6.45) is 0. The van der Waals surface area contributed by atoms with Gasteiger partial charge in [-0.25, -0.2) is 0 Å². The molecule has 49 heavy (non-hydrogen) atoms. The second-order valence-electron chi connectivity index (χ2n) is 12.6. The number of aromatic nitrogens is 1. The number of nitrogens with zero attached hydrogens (tertiary/aromatic N) is 2. The van der Waals surface area contributed by atoms with E-state index in [2.05, 4.69) is 191 Å². The van der Waals surface area contributed by atoms with Crippen molar-refractivity contribution >= 4 is 81.1 Å². The average molecular weight is 643 g/mol. The molecular weight excluding hydrogens is 613 g/mol. The fourth-order valence-corrected chi connectivity index (χ4v) is 8.59. The molecule has 2 nitrogen and oxygen atoms in total. The number of hydrogen-bond acceptors (Lipinski definition) is 2. The molecule has 10 aromatic rings. The molecule has 0 aliphatic heterocycles. The number of hydrogen-bond donors (Lipinski definition) is 0. The van der Waals surface area contributed by atoms with Gasteiger partial charge in [0.2, 0.25) is 0 Å². The molecule has 0 bridgehead atoms. The maximum absolute atomic E-state index is 2.45. The normalized spacial score (nSPS) is 11.7. The first kappa shape index (κ1) is 27.9. The first-order valence-electron chi connectivity index (χ1n) is 16.7. The smallest absolute Gasteiger partial charge is 0.0619 e. The Hall–Kier alpha value is -6.16. The van der Waals surface area contributed by atoms with Gasteiger partial charge in [-0.3, -0.25) is 0 Å². The molecule has 0 saturated heterocycles. The van der Waals surface area contributed by atoms with Gasteiger partial charge >= 0.3 is 0 Å². The van der Waals surface area contributed by atoms with Gasteiger partial charge in [0.1, 0.15) is 0 Å². The van der Waals surface area contributed by atoms with Gasteiger partial charge in [0, 0.05) is 59.1 Å². The van der Waals surface area contributed by atoms with Crippen molar-refractivity contribution in [2.75, 3.05) is 4.90 Å². The summed E-state index contributed by atoms with van der Waals surface area (Å²) >= 11 is 1.86. The molecule has 0 radical (unpaired) electrons. The van der Waals surface area contributed by atoms with Crippen molar-refractivity contribution in [1.82, 2.24) is 4.57 Å². The van der Waals surface area contributed by atoms with Gasteiger partial charge in [-0.2, -0.15) is 0 Å². The monoisotopic (exact) mass is 642 g/mol. The van der Waals surface area contributed by atoms with E-state index >= 15 is 0 Å². The minimum atomic E-state index is 1.11. The summed E-state index contributed by atoms with van der Waals surface area (Å²) in [6, 6.07) is 66.3. The van der Waals surface area contributed by atoms with Crippen molar-refractivity contribution < 1.29 is 0 Å². The van der Waals surface area contributed by atoms with Crippen LogP contribution in [-0.4, -0.2) is 4.57 Å². The molecule has 0 fully saturated rings. The highest BCUT2D eigenvalue weighted by atomic mass is 32.1. The highest BCUT2D eigenvalue weighted by Crippen LogP contribution is 2.44. The minimum Gasteiger partial charge on any atom is -0.310 e. The van der Waals surface area contributed by atoms with Crippen molar-refractivity contribution in [2.24, 2.45) is 0 Å². The molecule has 0 amide bonds. The van der Waals surface area contributed by atoms with Crippen LogP contribution in [0.4, 0.5) is 17.1 Å². The van der Waals surface area contributed by atoms with Crippen LogP contribution in [0.2, 0.25) is 0 Å². The number of thiophene rings is 1. The summed E-state index contributed by atoms with van der Waals surface area (Å²) in [6.45, 7) is 0. The van der Waals surface area contributed by atoms with Crippen molar-refractivity contribution in [3.63, 3.8) is 0 Å². The van der Waals surface area contributed by atoms with E-state index in [0.29, 0.717) is 0 Å². The largest absolute Gasteiger partial charge is 0.310 e. The van der Waals surface area contributed by atoms with Gasteiger partial charge in [-0.05, 0) is 77.2 Å². The number of anilines is 3. The van der Waals surface area contributed by atoms with Crippen molar-refractivity contribution in [1.29, 1.82) is 0 Å². The van der Waals surface area contributed by atoms with Gasteiger partial charge in [-0.1, -0.05) is 121 Å². The predicted molar refractivity (Wildman–Crippen MR) is 211 cm³/mol. The van der Waals surface area contributed by atoms with Gasteiger partial charge in [0.25, 0.3) is 0 Å². The first-order chi connectivity index (χ1) is 24.3. The van der Waals surface area contributed by atoms with Crippen molar-refractivity contribution in [2.45, 2.75) is 0 Å². The molecule has 230 valence electrons. The van der Waals surface area contributed by atoms with Crippen molar-refractivity contribution in [3.05, 3.63) is 182 Å². The number of fused-ring (bicyclic) bond motifs is 8. The van der Waals surface area contributed by atoms with Crippen LogP contribution in [0.25, 0.3) is 69.6 Å². The number of benzene rings is 8. The fraction of sp³-hybridized carbons (Fsp3) is 0. The lowest BCUT2D eigenvalue weighted by Crippen LogP contribution is -2.10. The minimum absolute atomic E-state index is 1.11. The van der Waals surface area contributed by atoms with E-state index in [1.807, 2.05) is 11.3 Å². The number of rotatable bonds is 5. The molecule has 0 saturated carbocycles. The van der Waals surface area contributed by atoms with Crippen LogP contribution in [0.5, 0.6) is 0 Å². The third kappa shape index (κ3) is 4.55. The van der Waals surface area contributed by atoms with Gasteiger partial charge < -0.3 is 9.47 Å². The summed E-state index contributed by atoms with van der Waals surface area (Å²) < 4.78 is 5.06. The molecule has 0 atom stereocenters. The fourth-order valence-electron chi connectivity index (χ4n) is 7.51. The van der Waals surface area contributed by atoms with Crippen LogP contribution >= 0.6 is 11.3 Å². The summed E-state index contributed by atoms with van der Waals surface area (Å²) in [4.78, 5) is 2.42. The molecule has 2 heterocycles. The highest BCUT2D eigenvalue weighted by Gasteiger charge is 2.20. The van der Waals surface area contributed by atoms with E-state index in [1.54, 1.807) is 0 Å². The Morgan fingerprint density at radius 2 is 1.04 bits per heavy atom. The number of para-hydroxylation sites is 1. The third-order valence-corrected chi connectivity index (χ3v) is 10.9. The van der Waals surface area contributed by atoms with E-state index in [0.717, 1.165) is 22.7 Å². The van der Waals surface area contributed by atoms with Crippen LogP contribution in [0, 0.1) is 0 Å². The Balaban J connectivity index is 1.26. The topological polar surface area (TPSA) is 8.17 Å². The van der Waals surface area contributed by atoms with Gasteiger partial charge in [0.15, 0.2) is 0 Å². The Morgan fingerprint density at radius 1 is 0.388 bits per heavy atom. The summed E-state index contributed by atoms with van der Waals surface area (Å²) in [7, 11) is 0. The summed E-state index contributed by atoms with van der Waals surface area (Å²) in [5.41, 5.74) is 9.33. The highest BCUT2D eigenvalue weighted by molar-refractivity contribution is 7.25. The lowest BCUT2D eigenvalue weighted by molar-refractivity contribution is 1.18. The van der Waals surface area contributed by atoms with Gasteiger partial charge in [0.05, 0.1) is 11.0 Å². The Kier molecular flexibility index (Phi) is 6.39. The molecule has 0 unspecified atom stereocenters. The van der Waals surface area contributed by atoms with E-state index < -0.39 is 0 Å². The zero-order valence-electron chi connectivity index (χ0n) is 26.6. The van der Waals surface area contributed by atoms with Crippen LogP contribution in [-0.2, 0) is 0 Å². The lowest BCUT2D eigenvalue weighted by atomic mass is 10.0. The molecule has 2 aromatic heterocycles. The van der Waals surface area contributed by atoms with Crippen molar-refractivity contribution in [3.8, 4) is 16.8 Å². The zero-order valence-corrected chi connectivity index (χ0v) is 27.4. The maximum atomic E-state index is 2.45. The Morgan fingerprint density at radius 3 is 1.92 bits per heavy atom. The van der Waals surface area contributed by atoms with E-state index in [-0.39, 0.29) is 0 Å². The maximum Gasteiger partial charge on any atom is 0.0619 e. The molecule has 0 aliphatic carbocycles. The zero-order chi connectivity index (χ0) is 32.3. The average Bonchev–Trinajstić information content (AvgIpc) is 3.71. The lowest BCUT2D eigenvalue weighted by Gasteiger charge is -2.26. The Bertz CT molecular complexity index is 2830. The molecule has 0 spiro atoms. The Labute approximate surface area is 288 Å². The summed E-state index contributed by atoms with van der Waals surface area (Å²) in [5, 5.41) is 7.58. The van der Waals surface area contributed by atoms with E-state index in [9.17, 15) is 0 Å². The second-order valence-corrected chi connectivity index (χ2v) is 13.7. The molecular formula is C46H30N2S. The quantitative estimate of drug-likeness (QED) is 0.181. The standard InChI is InChI=1S/C46H30N2S/c1-3-12-31(13-4-1)33-15-11-18-35(28-33)47(36-24-27-45-42(29-36)40-20-9-10-21-44(40)49-45)37-23-26-39-41-25-22-32-14-7-8-19-38(32)46(41)48(43(39)30-37)34-16-5-2-6-17-34/h1-30H. The van der Waals surface area contributed by atoms with E-state index in [4.69, 9.17) is 0 Å². The molecule has 0 N–H and O–H groups in total. The molecule has 3 heteroatoms. The molecule has 8 aromatic carbocycles. The third-order valence-electron chi connectivity index (χ3n) is 9.74. The van der Waals surface area contributed by atoms with Crippen LogP contribution in [0.15, 0.2) is 182 Å². The second kappa shape index (κ2) is 11.2. The first-order valence-corrected chi connectivity index (χ1v) is 17.5. The van der Waals surface area contributed by atoms with Crippen LogP contribution in [0.1, 0.15) is 0 Å². The van der Waals surface area contributed by atoms with Gasteiger partial charge in [-0.15, -0.1) is 11.3 Å². The van der Waals surface area contributed by atoms with E-state index in [1.165, 1.54) is 63.9 Å². The van der Waals surface area contributed by atoms with Crippen LogP contribution in [0.3, 0.4) is 0 Å². The SMILES string of the molecule is c1ccc(-c2cccc(N(c3ccc4sc5ccccc5c4c3)c3ccc4c5ccc6ccccc6c5n(-c5ccccc5)c4c3)c2)cc1. The van der Waals surface area contributed by atoms with Crippen LogP contribution < -0.4 is 4.90 Å². The predicted octanol–water partition coefficient (Wildman–Crippen LogP) is 13.4. The molecule has 0 aliphatic rings. The summed E-state index contributed by atoms with van der Waals surface area (Å²) in [5.74, 6) is 0. The molecule has 10 rings (SSSR count).